The van der Waals surface area contributed by atoms with Gasteiger partial charge in [-0.2, -0.15) is 0 Å². The number of amides is 1. The second-order valence-electron chi connectivity index (χ2n) is 4.84. The van der Waals surface area contributed by atoms with Crippen LogP contribution in [0.25, 0.3) is 10.8 Å². The summed E-state index contributed by atoms with van der Waals surface area (Å²) in [6.45, 7) is 2.06. The van der Waals surface area contributed by atoms with Gasteiger partial charge in [-0.05, 0) is 29.9 Å². The van der Waals surface area contributed by atoms with Crippen molar-refractivity contribution in [2.75, 3.05) is 5.32 Å². The molecule has 2 heterocycles. The van der Waals surface area contributed by atoms with Crippen LogP contribution < -0.4 is 5.32 Å². The molecule has 2 aromatic heterocycles. The molecule has 1 fully saturated rings. The number of carbonyl (C=O) groups is 1. The van der Waals surface area contributed by atoms with Crippen molar-refractivity contribution >= 4 is 45.7 Å². The van der Waals surface area contributed by atoms with E-state index >= 15 is 0 Å². The van der Waals surface area contributed by atoms with Crippen LogP contribution in [0.3, 0.4) is 0 Å². The minimum Gasteiger partial charge on any atom is -0.310 e. The van der Waals surface area contributed by atoms with Gasteiger partial charge < -0.3 is 5.32 Å². The Bertz CT molecular complexity index is 674. The van der Waals surface area contributed by atoms with Crippen molar-refractivity contribution in [3.63, 3.8) is 0 Å². The van der Waals surface area contributed by atoms with Gasteiger partial charge in [-0.15, -0.1) is 0 Å². The summed E-state index contributed by atoms with van der Waals surface area (Å²) >= 11 is 11.8. The molecule has 3 rings (SSSR count). The van der Waals surface area contributed by atoms with Gasteiger partial charge >= 0.3 is 0 Å². The highest BCUT2D eigenvalue weighted by Crippen LogP contribution is 2.38. The first-order chi connectivity index (χ1) is 9.04. The Hall–Kier alpha value is -1.39. The van der Waals surface area contributed by atoms with E-state index < -0.39 is 0 Å². The molecule has 0 aliphatic heterocycles. The van der Waals surface area contributed by atoms with E-state index in [1.54, 1.807) is 18.3 Å². The number of nitrogens with zero attached hydrogens (tertiary/aromatic N) is 2. The van der Waals surface area contributed by atoms with Gasteiger partial charge in [0.1, 0.15) is 16.1 Å². The van der Waals surface area contributed by atoms with Crippen LogP contribution >= 0.6 is 23.2 Å². The van der Waals surface area contributed by atoms with Gasteiger partial charge in [0.05, 0.1) is 0 Å². The molecule has 2 atom stereocenters. The molecule has 1 aliphatic rings. The monoisotopic (exact) mass is 295 g/mol. The Kier molecular flexibility index (Phi) is 3.07. The molecule has 98 valence electrons. The first kappa shape index (κ1) is 12.6. The Labute approximate surface area is 120 Å². The van der Waals surface area contributed by atoms with E-state index in [-0.39, 0.29) is 11.8 Å². The third-order valence-electron chi connectivity index (χ3n) is 3.34. The SMILES string of the molecule is C[C@@H]1C[C@H]1C(=O)Nc1cc2cc(Cl)nc(Cl)c2cn1. The van der Waals surface area contributed by atoms with Crippen molar-refractivity contribution in [3.05, 3.63) is 28.6 Å². The quantitative estimate of drug-likeness (QED) is 0.862. The fraction of sp³-hybridized carbons (Fsp3) is 0.308. The number of halogens is 2. The lowest BCUT2D eigenvalue weighted by Gasteiger charge is -2.06. The van der Waals surface area contributed by atoms with E-state index in [1.165, 1.54) is 0 Å². The lowest BCUT2D eigenvalue weighted by Crippen LogP contribution is -2.15. The van der Waals surface area contributed by atoms with E-state index in [1.807, 2.05) is 0 Å². The highest BCUT2D eigenvalue weighted by Gasteiger charge is 2.39. The van der Waals surface area contributed by atoms with Crippen LogP contribution in [0.4, 0.5) is 5.82 Å². The second-order valence-corrected chi connectivity index (χ2v) is 5.58. The zero-order valence-corrected chi connectivity index (χ0v) is 11.7. The topological polar surface area (TPSA) is 54.9 Å². The molecule has 19 heavy (non-hydrogen) atoms. The molecule has 4 nitrogen and oxygen atoms in total. The predicted octanol–water partition coefficient (Wildman–Crippen LogP) is 3.53. The van der Waals surface area contributed by atoms with Gasteiger partial charge in [0.15, 0.2) is 0 Å². The number of rotatable bonds is 2. The van der Waals surface area contributed by atoms with Crippen LogP contribution in [-0.2, 0) is 4.79 Å². The fourth-order valence-corrected chi connectivity index (χ4v) is 2.55. The first-order valence-corrected chi connectivity index (χ1v) is 6.73. The van der Waals surface area contributed by atoms with Crippen molar-refractivity contribution in [2.45, 2.75) is 13.3 Å². The molecule has 0 bridgehead atoms. The number of hydrogen-bond acceptors (Lipinski definition) is 3. The third-order valence-corrected chi connectivity index (χ3v) is 3.82. The maximum absolute atomic E-state index is 11.8. The highest BCUT2D eigenvalue weighted by molar-refractivity contribution is 6.36. The molecular formula is C13H11Cl2N3O. The second kappa shape index (κ2) is 4.62. The van der Waals surface area contributed by atoms with E-state index in [0.717, 1.165) is 11.8 Å². The summed E-state index contributed by atoms with van der Waals surface area (Å²) in [7, 11) is 0. The van der Waals surface area contributed by atoms with Crippen molar-refractivity contribution in [3.8, 4) is 0 Å². The van der Waals surface area contributed by atoms with Gasteiger partial charge in [0.2, 0.25) is 5.91 Å². The van der Waals surface area contributed by atoms with Crippen LogP contribution in [0.5, 0.6) is 0 Å². The van der Waals surface area contributed by atoms with Crippen LogP contribution in [-0.4, -0.2) is 15.9 Å². The van der Waals surface area contributed by atoms with Crippen LogP contribution in [0, 0.1) is 11.8 Å². The maximum Gasteiger partial charge on any atom is 0.228 e. The van der Waals surface area contributed by atoms with Gasteiger partial charge in [0.25, 0.3) is 0 Å². The van der Waals surface area contributed by atoms with Crippen molar-refractivity contribution in [2.24, 2.45) is 11.8 Å². The summed E-state index contributed by atoms with van der Waals surface area (Å²) in [5, 5.41) is 4.95. The first-order valence-electron chi connectivity index (χ1n) is 5.97. The third kappa shape index (κ3) is 2.51. The van der Waals surface area contributed by atoms with E-state index in [4.69, 9.17) is 23.2 Å². The number of nitrogens with one attached hydrogen (secondary N) is 1. The largest absolute Gasteiger partial charge is 0.310 e. The summed E-state index contributed by atoms with van der Waals surface area (Å²) in [6.07, 6.45) is 2.54. The standard InChI is InChI=1S/C13H11Cl2N3O/c1-6-2-8(6)13(19)18-11-4-7-3-10(14)17-12(15)9(7)5-16-11/h3-6,8H,2H2,1H3,(H,16,18,19)/t6-,8-/m1/s1. The van der Waals surface area contributed by atoms with Gasteiger partial charge in [-0.1, -0.05) is 30.1 Å². The van der Waals surface area contributed by atoms with Gasteiger partial charge in [-0.25, -0.2) is 9.97 Å². The number of pyridine rings is 2. The number of fused-ring (bicyclic) bond motifs is 1. The minimum absolute atomic E-state index is 0.0191. The maximum atomic E-state index is 11.8. The van der Waals surface area contributed by atoms with Crippen molar-refractivity contribution < 1.29 is 4.79 Å². The summed E-state index contributed by atoms with van der Waals surface area (Å²) < 4.78 is 0. The smallest absolute Gasteiger partial charge is 0.228 e. The number of hydrogen-bond donors (Lipinski definition) is 1. The highest BCUT2D eigenvalue weighted by atomic mass is 35.5. The number of carbonyl (C=O) groups excluding carboxylic acids is 1. The molecule has 1 N–H and O–H groups in total. The average Bonchev–Trinajstić information content (AvgIpc) is 3.05. The Morgan fingerprint density at radius 2 is 2.16 bits per heavy atom. The van der Waals surface area contributed by atoms with Crippen LogP contribution in [0.2, 0.25) is 10.3 Å². The molecule has 1 aliphatic carbocycles. The minimum atomic E-state index is 0.0191. The molecule has 0 saturated heterocycles. The molecule has 1 amide bonds. The predicted molar refractivity (Wildman–Crippen MR) is 75.5 cm³/mol. The molecule has 0 spiro atoms. The van der Waals surface area contributed by atoms with E-state index in [0.29, 0.717) is 27.4 Å². The molecule has 0 unspecified atom stereocenters. The van der Waals surface area contributed by atoms with Gasteiger partial charge in [-0.3, -0.25) is 4.79 Å². The average molecular weight is 296 g/mol. The fourth-order valence-electron chi connectivity index (χ4n) is 2.05. The molecular weight excluding hydrogens is 285 g/mol. The number of aromatic nitrogens is 2. The summed E-state index contributed by atoms with van der Waals surface area (Å²) in [6, 6.07) is 3.44. The Morgan fingerprint density at radius 1 is 1.42 bits per heavy atom. The lowest BCUT2D eigenvalue weighted by molar-refractivity contribution is -0.117. The Balaban J connectivity index is 1.91. The van der Waals surface area contributed by atoms with Crippen molar-refractivity contribution in [1.29, 1.82) is 0 Å². The van der Waals surface area contributed by atoms with Crippen LogP contribution in [0.15, 0.2) is 18.3 Å². The normalized spacial score (nSPS) is 21.4. The van der Waals surface area contributed by atoms with Crippen LogP contribution in [0.1, 0.15) is 13.3 Å². The zero-order valence-electron chi connectivity index (χ0n) is 10.2. The van der Waals surface area contributed by atoms with Gasteiger partial charge in [0, 0.05) is 17.5 Å². The molecule has 2 aromatic rings. The molecule has 1 saturated carbocycles. The zero-order chi connectivity index (χ0) is 13.6. The van der Waals surface area contributed by atoms with Crippen molar-refractivity contribution in [1.82, 2.24) is 9.97 Å². The Morgan fingerprint density at radius 3 is 2.84 bits per heavy atom. The van der Waals surface area contributed by atoms with E-state index in [2.05, 4.69) is 22.2 Å². The van der Waals surface area contributed by atoms with E-state index in [9.17, 15) is 4.79 Å². The summed E-state index contributed by atoms with van der Waals surface area (Å²) in [5.41, 5.74) is 0. The molecule has 0 radical (unpaired) electrons. The molecule has 6 heteroatoms. The number of anilines is 1. The summed E-state index contributed by atoms with van der Waals surface area (Å²) in [4.78, 5) is 20.0. The lowest BCUT2D eigenvalue weighted by atomic mass is 10.2. The molecule has 0 aromatic carbocycles. The summed E-state index contributed by atoms with van der Waals surface area (Å²) in [5.74, 6) is 1.11.